The Kier molecular flexibility index (Phi) is 72.9. The maximum atomic E-state index is 12.7. The van der Waals surface area contributed by atoms with Crippen LogP contribution in [0.2, 0.25) is 0 Å². The van der Waals surface area contributed by atoms with Gasteiger partial charge in [-0.2, -0.15) is 0 Å². The number of hydrogen-bond acceptors (Lipinski definition) is 30. The highest BCUT2D eigenvalue weighted by Gasteiger charge is 2.32. The second-order valence-corrected chi connectivity index (χ2v) is 38.1. The molecule has 30 heteroatoms. The molecule has 30 nitrogen and oxygen atoms in total. The smallest absolute Gasteiger partial charge is 0.341 e. The van der Waals surface area contributed by atoms with Crippen molar-refractivity contribution in [3.63, 3.8) is 0 Å². The lowest BCUT2D eigenvalue weighted by molar-refractivity contribution is 0.0261. The van der Waals surface area contributed by atoms with E-state index in [1.54, 1.807) is 109 Å². The molecule has 852 valence electrons. The fourth-order valence-corrected chi connectivity index (χ4v) is 17.2. The van der Waals surface area contributed by atoms with Gasteiger partial charge in [0.25, 0.3) is 0 Å². The van der Waals surface area contributed by atoms with Gasteiger partial charge in [-0.05, 0) is 245 Å². The summed E-state index contributed by atoms with van der Waals surface area (Å²) in [7, 11) is 0. The number of esters is 6. The Morgan fingerprint density at radius 2 is 0.420 bits per heavy atom. The summed E-state index contributed by atoms with van der Waals surface area (Å²) in [6, 6.07) is 31.7. The topological polar surface area (TPSA) is 389 Å². The van der Waals surface area contributed by atoms with Crippen LogP contribution in [0.4, 0.5) is 34.1 Å². The van der Waals surface area contributed by atoms with E-state index in [4.69, 9.17) is 91.2 Å². The number of nitrogen functional groups attached to an aromatic ring is 6. The van der Waals surface area contributed by atoms with Crippen LogP contribution in [0.25, 0.3) is 0 Å². The van der Waals surface area contributed by atoms with E-state index in [1.165, 1.54) is 0 Å². The Hall–Kier alpha value is -10.5. The van der Waals surface area contributed by atoms with Crippen molar-refractivity contribution in [1.29, 1.82) is 0 Å². The summed E-state index contributed by atoms with van der Waals surface area (Å²) in [5, 5.41) is 0. The number of unbranched alkanes of at least 4 members (excludes halogenated alkanes) is 2. The van der Waals surface area contributed by atoms with Crippen LogP contribution >= 0.6 is 0 Å². The molecule has 0 aliphatic carbocycles. The fraction of sp³-hybridized carbons (Fsp3) is 0.650. The maximum absolute atomic E-state index is 12.7. The number of carbonyl (C=O) groups excluding carboxylic acids is 6. The van der Waals surface area contributed by atoms with E-state index in [0.29, 0.717) is 217 Å². The van der Waals surface area contributed by atoms with Crippen LogP contribution in [0.5, 0.6) is 34.5 Å². The number of nitrogens with two attached hydrogens (primary N) is 6. The van der Waals surface area contributed by atoms with Gasteiger partial charge in [-0.1, -0.05) is 245 Å². The van der Waals surface area contributed by atoms with Crippen LogP contribution in [0.3, 0.4) is 0 Å². The summed E-state index contributed by atoms with van der Waals surface area (Å²) in [5.41, 5.74) is 41.2. The van der Waals surface area contributed by atoms with Gasteiger partial charge in [0.2, 0.25) is 0 Å². The molecule has 150 heavy (non-hydrogen) atoms. The van der Waals surface area contributed by atoms with Gasteiger partial charge in [-0.3, -0.25) is 29.4 Å². The molecule has 0 heterocycles. The number of likely N-dealkylation sites (N-methyl/N-ethyl adjacent to an activating group) is 6. The van der Waals surface area contributed by atoms with Gasteiger partial charge in [0.15, 0.2) is 0 Å². The highest BCUT2D eigenvalue weighted by Crippen LogP contribution is 2.33. The van der Waals surface area contributed by atoms with Crippen molar-refractivity contribution in [2.45, 2.75) is 321 Å². The molecule has 6 aromatic carbocycles. The Balaban J connectivity index is 0.000000900. The first-order valence-electron chi connectivity index (χ1n) is 56.5. The fourth-order valence-electron chi connectivity index (χ4n) is 17.2. The van der Waals surface area contributed by atoms with Crippen molar-refractivity contribution < 1.29 is 85.6 Å². The zero-order chi connectivity index (χ0) is 113. The first kappa shape index (κ1) is 138. The molecule has 12 N–H and O–H groups in total. The van der Waals surface area contributed by atoms with Gasteiger partial charge in [-0.15, -0.1) is 0 Å². The van der Waals surface area contributed by atoms with Crippen molar-refractivity contribution >= 4 is 69.9 Å². The first-order valence-corrected chi connectivity index (χ1v) is 56.5. The van der Waals surface area contributed by atoms with Gasteiger partial charge < -0.3 is 91.2 Å². The number of nitrogens with zero attached hydrogens (tertiary/aromatic N) is 6. The maximum Gasteiger partial charge on any atom is 0.341 e. The standard InChI is InChI=1S/2C21H36N2O3.2C20H34N2O3.2C19H32N2O3/c1-6-10-13-25-20-14-17(22)11-12-18(20)21(24)26-15-19(16(5)7-2)23(8-3)9-4;1-6-10-13-25-20-14-17(11-12-18(20)22)21(24)26-15-19(16(5)7-2)23(8-3)9-4;1-6-12-24-19-13-16(21)10-11-17(19)20(23)25-14-18(15(5)7-2)22(8-3)9-4;1-6-12-24-19-13-16(10-11-17(19)21)20(23)25-14-18(15(5)7-2)22(8-3)9-4;1-6-14(5)17(21(7-2)8-3)13-24-19(22)16-11-10-15(20)12-18(16)23-9-4;1-6-14(5)17(21(7-2)8-3)13-24-19(22)15-10-11-16(20)18(12-15)23-9-4/h2*11-12,14,16,19H,6-10,13,15,22H2,1-5H3;2*10-11,13,15,18H,6-9,12,14,21H2,1-5H3;2*10-12,14,17H,6-9,13,20H2,1-5H3/t2*16?,19-;2*15?,18-;2*14?,17-/m111111/s1. The lowest BCUT2D eigenvalue weighted by atomic mass is 9.98. The Morgan fingerprint density at radius 1 is 0.227 bits per heavy atom. The zero-order valence-corrected chi connectivity index (χ0v) is 98.3. The molecule has 0 saturated heterocycles. The molecule has 0 aliphatic rings. The average Bonchev–Trinajstić information content (AvgIpc) is 0.844. The van der Waals surface area contributed by atoms with Crippen LogP contribution in [-0.2, 0) is 28.4 Å². The van der Waals surface area contributed by atoms with Crippen LogP contribution in [-0.4, -0.2) is 259 Å². The second-order valence-electron chi connectivity index (χ2n) is 38.1. The lowest BCUT2D eigenvalue weighted by Crippen LogP contribution is -2.43. The third-order valence-electron chi connectivity index (χ3n) is 28.3. The van der Waals surface area contributed by atoms with E-state index < -0.39 is 0 Å². The number of benzene rings is 6. The summed E-state index contributed by atoms with van der Waals surface area (Å²) >= 11 is 0. The Bertz CT molecular complexity index is 4660. The molecule has 0 aliphatic heterocycles. The van der Waals surface area contributed by atoms with Gasteiger partial charge in [0.1, 0.15) is 90.8 Å². The minimum atomic E-state index is -0.362. The second kappa shape index (κ2) is 79.5. The molecule has 6 aromatic rings. The Labute approximate surface area is 905 Å². The number of ether oxygens (including phenoxy) is 12. The summed E-state index contributed by atoms with van der Waals surface area (Å²) in [6.07, 6.45) is 12.0. The van der Waals surface area contributed by atoms with Crippen LogP contribution in [0.1, 0.15) is 347 Å². The highest BCUT2D eigenvalue weighted by atomic mass is 16.6. The average molecular weight is 2100 g/mol. The molecule has 0 fully saturated rings. The molecule has 12 atom stereocenters. The zero-order valence-electron chi connectivity index (χ0n) is 98.3. The van der Waals surface area contributed by atoms with Gasteiger partial charge >= 0.3 is 35.8 Å². The normalized spacial score (nSPS) is 13.5. The van der Waals surface area contributed by atoms with Crippen molar-refractivity contribution in [2.24, 2.45) is 35.5 Å². The molecule has 0 radical (unpaired) electrons. The predicted octanol–water partition coefficient (Wildman–Crippen LogP) is 23.8. The number of anilines is 6. The minimum Gasteiger partial charge on any atom is -0.493 e. The molecule has 6 rings (SSSR count). The minimum absolute atomic E-state index is 0.220. The van der Waals surface area contributed by atoms with E-state index >= 15 is 0 Å². The number of carbonyl (C=O) groups is 6. The lowest BCUT2D eigenvalue weighted by Gasteiger charge is -2.33. The van der Waals surface area contributed by atoms with Gasteiger partial charge in [0.05, 0.1) is 73.4 Å². The van der Waals surface area contributed by atoms with E-state index in [1.807, 2.05) is 27.7 Å². The van der Waals surface area contributed by atoms with Crippen molar-refractivity contribution in [2.75, 3.05) is 192 Å². The molecule has 0 saturated carbocycles. The molecule has 0 spiro atoms. The molecule has 6 unspecified atom stereocenters. The van der Waals surface area contributed by atoms with Crippen LogP contribution < -0.4 is 62.8 Å². The van der Waals surface area contributed by atoms with Crippen molar-refractivity contribution in [3.05, 3.63) is 143 Å². The van der Waals surface area contributed by atoms with E-state index in [2.05, 4.69) is 209 Å². The predicted molar refractivity (Wildman–Crippen MR) is 619 cm³/mol. The third kappa shape index (κ3) is 48.6. The summed E-state index contributed by atoms with van der Waals surface area (Å²) < 4.78 is 67.5. The summed E-state index contributed by atoms with van der Waals surface area (Å²) in [4.78, 5) is 89.2. The largest absolute Gasteiger partial charge is 0.493 e. The number of hydrogen-bond donors (Lipinski definition) is 6. The third-order valence-corrected chi connectivity index (χ3v) is 28.3. The molecule has 0 bridgehead atoms. The SMILES string of the molecule is CCCCOc1cc(C(=O)OC[C@H](C(C)CC)N(CC)CC)ccc1N.CCCCOc1cc(N)ccc1C(=O)OC[C@H](C(C)CC)N(CC)CC.CCCOc1cc(C(=O)OC[C@H](C(C)CC)N(CC)CC)ccc1N.CCCOc1cc(N)ccc1C(=O)OC[C@H](C(C)CC)N(CC)CC.CCOc1cc(C(=O)OC[C@H](C(C)CC)N(CC)CC)ccc1N.CCOc1cc(N)ccc1C(=O)OC[C@H](C(C)CC)N(CC)CC. The molecular weight excluding hydrogens is 1900 g/mol. The summed E-state index contributed by atoms with van der Waals surface area (Å²) in [6.45, 7) is 80.7. The monoisotopic (exact) mass is 2100 g/mol. The molecular formula is C120H204N12O18. The van der Waals surface area contributed by atoms with Crippen molar-refractivity contribution in [3.8, 4) is 34.5 Å². The quantitative estimate of drug-likeness (QED) is 0.00894. The first-order chi connectivity index (χ1) is 71.9. The van der Waals surface area contributed by atoms with Gasteiger partial charge in [-0.25, -0.2) is 28.8 Å². The van der Waals surface area contributed by atoms with Gasteiger partial charge in [0, 0.05) is 71.5 Å². The highest BCUT2D eigenvalue weighted by molar-refractivity contribution is 5.95. The summed E-state index contributed by atoms with van der Waals surface area (Å²) in [5.74, 6) is 3.77. The Morgan fingerprint density at radius 3 is 0.627 bits per heavy atom. The van der Waals surface area contributed by atoms with Crippen LogP contribution in [0, 0.1) is 35.5 Å². The molecule has 0 amide bonds. The van der Waals surface area contributed by atoms with E-state index in [-0.39, 0.29) is 72.1 Å². The number of rotatable bonds is 66. The van der Waals surface area contributed by atoms with Crippen LogP contribution in [0.15, 0.2) is 109 Å². The van der Waals surface area contributed by atoms with Crippen molar-refractivity contribution in [1.82, 2.24) is 29.4 Å². The van der Waals surface area contributed by atoms with E-state index in [0.717, 1.165) is 156 Å². The molecule has 0 aromatic heterocycles. The van der Waals surface area contributed by atoms with E-state index in [9.17, 15) is 28.8 Å².